The van der Waals surface area contributed by atoms with Crippen LogP contribution in [-0.4, -0.2) is 48.0 Å². The Morgan fingerprint density at radius 1 is 1.20 bits per heavy atom. The number of rotatable bonds is 7. The smallest absolute Gasteiger partial charge is 0.254 e. The zero-order valence-electron chi connectivity index (χ0n) is 15.1. The van der Waals surface area contributed by atoms with Crippen molar-refractivity contribution in [3.05, 3.63) is 46.2 Å². The third-order valence-corrected chi connectivity index (χ3v) is 3.95. The summed E-state index contributed by atoms with van der Waals surface area (Å²) >= 11 is 6.27. The number of nitrogens with one attached hydrogen (secondary N) is 2. The Morgan fingerprint density at radius 2 is 1.88 bits per heavy atom. The molecule has 2 N–H and O–H groups in total. The Balaban J connectivity index is 1.97. The van der Waals surface area contributed by atoms with Crippen LogP contribution in [0.2, 0.25) is 5.02 Å². The number of halogens is 1. The summed E-state index contributed by atoms with van der Waals surface area (Å²) in [4.78, 5) is 22.5. The Kier molecular flexibility index (Phi) is 6.73. The fraction of sp³-hybridized carbons (Fsp3) is 0.389. The molecule has 0 atom stereocenters. The molecule has 7 heteroatoms. The van der Waals surface area contributed by atoms with E-state index in [-0.39, 0.29) is 5.91 Å². The van der Waals surface area contributed by atoms with Crippen molar-refractivity contribution in [2.24, 2.45) is 0 Å². The zero-order valence-corrected chi connectivity index (χ0v) is 15.8. The van der Waals surface area contributed by atoms with Gasteiger partial charge in [0.2, 0.25) is 5.95 Å². The van der Waals surface area contributed by atoms with E-state index in [1.165, 1.54) is 12.4 Å². The van der Waals surface area contributed by atoms with E-state index in [1.54, 1.807) is 0 Å². The predicted molar refractivity (Wildman–Crippen MR) is 102 cm³/mol. The van der Waals surface area contributed by atoms with Gasteiger partial charge in [0.25, 0.3) is 5.91 Å². The van der Waals surface area contributed by atoms with E-state index in [9.17, 15) is 4.79 Å². The number of amides is 1. The van der Waals surface area contributed by atoms with Crippen molar-refractivity contribution >= 4 is 29.1 Å². The lowest BCUT2D eigenvalue weighted by molar-refractivity contribution is 0.0951. The fourth-order valence-electron chi connectivity index (χ4n) is 2.39. The first-order valence-electron chi connectivity index (χ1n) is 8.15. The number of hydrogen-bond acceptors (Lipinski definition) is 5. The lowest BCUT2D eigenvalue weighted by Gasteiger charge is -2.12. The molecule has 1 aromatic carbocycles. The summed E-state index contributed by atoms with van der Waals surface area (Å²) in [6, 6.07) is 3.91. The van der Waals surface area contributed by atoms with Crippen molar-refractivity contribution < 1.29 is 4.79 Å². The average molecular weight is 362 g/mol. The van der Waals surface area contributed by atoms with Crippen molar-refractivity contribution in [1.82, 2.24) is 20.2 Å². The van der Waals surface area contributed by atoms with Crippen molar-refractivity contribution in [2.45, 2.75) is 20.3 Å². The van der Waals surface area contributed by atoms with E-state index >= 15 is 0 Å². The highest BCUT2D eigenvalue weighted by molar-refractivity contribution is 6.33. The van der Waals surface area contributed by atoms with E-state index in [1.807, 2.05) is 40.1 Å². The number of benzene rings is 1. The molecular weight excluding hydrogens is 338 g/mol. The van der Waals surface area contributed by atoms with Gasteiger partial charge in [0.15, 0.2) is 0 Å². The van der Waals surface area contributed by atoms with Crippen molar-refractivity contribution in [1.29, 1.82) is 0 Å². The molecule has 0 fully saturated rings. The van der Waals surface area contributed by atoms with E-state index < -0.39 is 0 Å². The van der Waals surface area contributed by atoms with Gasteiger partial charge in [-0.05, 0) is 58.1 Å². The lowest BCUT2D eigenvalue weighted by atomic mass is 10.1. The third kappa shape index (κ3) is 5.69. The molecule has 2 rings (SSSR count). The third-order valence-electron chi connectivity index (χ3n) is 3.65. The number of nitrogens with zero attached hydrogens (tertiary/aromatic N) is 3. The molecule has 0 spiro atoms. The van der Waals surface area contributed by atoms with Crippen molar-refractivity contribution in [2.75, 3.05) is 32.5 Å². The molecule has 0 aliphatic rings. The van der Waals surface area contributed by atoms with Crippen molar-refractivity contribution in [3.63, 3.8) is 0 Å². The molecule has 0 saturated heterocycles. The maximum atomic E-state index is 12.1. The van der Waals surface area contributed by atoms with Gasteiger partial charge in [-0.25, -0.2) is 9.97 Å². The van der Waals surface area contributed by atoms with Crippen LogP contribution in [0.1, 0.15) is 27.9 Å². The minimum atomic E-state index is -0.171. The summed E-state index contributed by atoms with van der Waals surface area (Å²) in [6.45, 7) is 5.51. The number of carbonyl (C=O) groups excluding carboxylic acids is 1. The van der Waals surface area contributed by atoms with Crippen LogP contribution in [-0.2, 0) is 0 Å². The predicted octanol–water partition coefficient (Wildman–Crippen LogP) is 3.17. The maximum Gasteiger partial charge on any atom is 0.254 e. The first-order valence-corrected chi connectivity index (χ1v) is 8.53. The number of hydrogen-bond donors (Lipinski definition) is 2. The van der Waals surface area contributed by atoms with Gasteiger partial charge < -0.3 is 15.5 Å². The molecule has 1 heterocycles. The van der Waals surface area contributed by atoms with Crippen LogP contribution in [0.4, 0.5) is 11.6 Å². The molecule has 0 radical (unpaired) electrons. The molecule has 2 aromatic rings. The highest BCUT2D eigenvalue weighted by Crippen LogP contribution is 2.29. The molecule has 6 nitrogen and oxygen atoms in total. The summed E-state index contributed by atoms with van der Waals surface area (Å²) < 4.78 is 0. The van der Waals surface area contributed by atoms with Gasteiger partial charge in [-0.15, -0.1) is 0 Å². The van der Waals surface area contributed by atoms with Gasteiger partial charge in [-0.3, -0.25) is 4.79 Å². The van der Waals surface area contributed by atoms with Gasteiger partial charge in [0, 0.05) is 18.9 Å². The Hall–Kier alpha value is -2.18. The monoisotopic (exact) mass is 361 g/mol. The van der Waals surface area contributed by atoms with Gasteiger partial charge in [-0.1, -0.05) is 17.7 Å². The van der Waals surface area contributed by atoms with E-state index in [4.69, 9.17) is 11.6 Å². The minimum absolute atomic E-state index is 0.171. The Bertz CT molecular complexity index is 708. The second-order valence-electron chi connectivity index (χ2n) is 6.27. The van der Waals surface area contributed by atoms with Gasteiger partial charge in [0.1, 0.15) is 0 Å². The number of carbonyl (C=O) groups is 1. The Morgan fingerprint density at radius 3 is 2.48 bits per heavy atom. The first kappa shape index (κ1) is 19.1. The van der Waals surface area contributed by atoms with Crippen LogP contribution in [0.15, 0.2) is 24.5 Å². The average Bonchev–Trinajstić information content (AvgIpc) is 2.55. The molecule has 1 amide bonds. The molecule has 0 aliphatic carbocycles. The topological polar surface area (TPSA) is 70.2 Å². The van der Waals surface area contributed by atoms with Crippen LogP contribution in [0, 0.1) is 13.8 Å². The fourth-order valence-corrected chi connectivity index (χ4v) is 2.76. The SMILES string of the molecule is Cc1cc(C)c(Nc2ncc(C(=O)NCCCN(C)C)cn2)c(Cl)c1. The normalized spacial score (nSPS) is 10.8. The number of anilines is 2. The quantitative estimate of drug-likeness (QED) is 0.741. The molecule has 0 saturated carbocycles. The molecule has 25 heavy (non-hydrogen) atoms. The van der Waals surface area contributed by atoms with E-state index in [0.29, 0.717) is 23.1 Å². The van der Waals surface area contributed by atoms with E-state index in [0.717, 1.165) is 29.8 Å². The molecule has 134 valence electrons. The summed E-state index contributed by atoms with van der Waals surface area (Å²) in [5.41, 5.74) is 3.31. The van der Waals surface area contributed by atoms with Crippen LogP contribution in [0.3, 0.4) is 0 Å². The summed E-state index contributed by atoms with van der Waals surface area (Å²) in [6.07, 6.45) is 3.91. The standard InChI is InChI=1S/C18H24ClN5O/c1-12-8-13(2)16(15(19)9-12)23-18-21-10-14(11-22-18)17(25)20-6-5-7-24(3)4/h8-11H,5-7H2,1-4H3,(H,20,25)(H,21,22,23). The summed E-state index contributed by atoms with van der Waals surface area (Å²) in [5, 5.41) is 6.58. The number of aromatic nitrogens is 2. The maximum absolute atomic E-state index is 12.1. The summed E-state index contributed by atoms with van der Waals surface area (Å²) in [5.74, 6) is 0.230. The van der Waals surface area contributed by atoms with Gasteiger partial charge in [-0.2, -0.15) is 0 Å². The second-order valence-corrected chi connectivity index (χ2v) is 6.68. The molecule has 1 aromatic heterocycles. The van der Waals surface area contributed by atoms with Crippen LogP contribution < -0.4 is 10.6 Å². The molecule has 0 unspecified atom stereocenters. The van der Waals surface area contributed by atoms with Crippen LogP contribution >= 0.6 is 11.6 Å². The molecular formula is C18H24ClN5O. The molecule has 0 aliphatic heterocycles. The summed E-state index contributed by atoms with van der Waals surface area (Å²) in [7, 11) is 4.01. The highest BCUT2D eigenvalue weighted by Gasteiger charge is 2.09. The van der Waals surface area contributed by atoms with Crippen LogP contribution in [0.5, 0.6) is 0 Å². The molecule has 0 bridgehead atoms. The Labute approximate surface area is 153 Å². The van der Waals surface area contributed by atoms with Gasteiger partial charge in [0.05, 0.1) is 16.3 Å². The lowest BCUT2D eigenvalue weighted by Crippen LogP contribution is -2.27. The second kappa shape index (κ2) is 8.78. The first-order chi connectivity index (χ1) is 11.9. The number of aryl methyl sites for hydroxylation is 2. The largest absolute Gasteiger partial charge is 0.352 e. The van der Waals surface area contributed by atoms with Gasteiger partial charge >= 0.3 is 0 Å². The zero-order chi connectivity index (χ0) is 18.4. The minimum Gasteiger partial charge on any atom is -0.352 e. The highest BCUT2D eigenvalue weighted by atomic mass is 35.5. The van der Waals surface area contributed by atoms with Crippen LogP contribution in [0.25, 0.3) is 0 Å². The van der Waals surface area contributed by atoms with E-state index in [2.05, 4.69) is 25.5 Å². The van der Waals surface area contributed by atoms with Crippen molar-refractivity contribution in [3.8, 4) is 0 Å².